The van der Waals surface area contributed by atoms with E-state index in [2.05, 4.69) is 36.2 Å². The molecule has 114 valence electrons. The molecule has 3 rings (SSSR count). The van der Waals surface area contributed by atoms with E-state index >= 15 is 0 Å². The van der Waals surface area contributed by atoms with Gasteiger partial charge in [0.1, 0.15) is 0 Å². The van der Waals surface area contributed by atoms with Crippen LogP contribution in [0.25, 0.3) is 0 Å². The van der Waals surface area contributed by atoms with E-state index in [4.69, 9.17) is 0 Å². The van der Waals surface area contributed by atoms with Crippen molar-refractivity contribution in [2.75, 3.05) is 0 Å². The van der Waals surface area contributed by atoms with E-state index in [1.807, 2.05) is 18.2 Å². The van der Waals surface area contributed by atoms with Gasteiger partial charge < -0.3 is 4.90 Å². The van der Waals surface area contributed by atoms with E-state index in [1.165, 1.54) is 18.4 Å². The van der Waals surface area contributed by atoms with Gasteiger partial charge in [0, 0.05) is 6.04 Å². The molecule has 0 bridgehead atoms. The fraction of sp³-hybridized carbons (Fsp3) is 0.611. The van der Waals surface area contributed by atoms with Gasteiger partial charge in [0.05, 0.1) is 12.2 Å². The molecular formula is C18H26N2O. The number of nitrogens with one attached hydrogen (secondary N) is 1. The summed E-state index contributed by atoms with van der Waals surface area (Å²) in [6.45, 7) is 4.47. The van der Waals surface area contributed by atoms with Crippen molar-refractivity contribution in [3.8, 4) is 0 Å². The maximum Gasteiger partial charge on any atom is 0.241 e. The standard InChI is InChI=1S/C18H26N2O/c1-3-7-17-19-16(12-14-8-5-4-6-9-14)18(21)20(17)15-10-13(2)11-15/h4-6,8-9,13,15-17,19H,3,7,10-12H2,1-2H3. The molecule has 1 amide bonds. The summed E-state index contributed by atoms with van der Waals surface area (Å²) in [5.74, 6) is 1.09. The van der Waals surface area contributed by atoms with E-state index in [0.717, 1.165) is 25.2 Å². The Hall–Kier alpha value is -1.35. The smallest absolute Gasteiger partial charge is 0.241 e. The molecule has 3 heteroatoms. The highest BCUT2D eigenvalue weighted by Crippen LogP contribution is 2.35. The third kappa shape index (κ3) is 2.98. The molecule has 0 aromatic heterocycles. The molecule has 1 aliphatic heterocycles. The largest absolute Gasteiger partial charge is 0.323 e. The molecule has 0 radical (unpaired) electrons. The van der Waals surface area contributed by atoms with Crippen LogP contribution in [0.5, 0.6) is 0 Å². The van der Waals surface area contributed by atoms with Crippen molar-refractivity contribution in [1.82, 2.24) is 10.2 Å². The van der Waals surface area contributed by atoms with E-state index in [1.54, 1.807) is 0 Å². The molecule has 1 heterocycles. The van der Waals surface area contributed by atoms with Crippen LogP contribution in [0.4, 0.5) is 0 Å². The summed E-state index contributed by atoms with van der Waals surface area (Å²) >= 11 is 0. The van der Waals surface area contributed by atoms with Crippen LogP contribution in [0.3, 0.4) is 0 Å². The Bertz CT molecular complexity index is 481. The van der Waals surface area contributed by atoms with Gasteiger partial charge in [-0.3, -0.25) is 10.1 Å². The molecular weight excluding hydrogens is 260 g/mol. The molecule has 1 saturated carbocycles. The molecule has 21 heavy (non-hydrogen) atoms. The fourth-order valence-electron chi connectivity index (χ4n) is 3.73. The quantitative estimate of drug-likeness (QED) is 0.902. The Labute approximate surface area is 127 Å². The van der Waals surface area contributed by atoms with Crippen LogP contribution in [0.15, 0.2) is 30.3 Å². The van der Waals surface area contributed by atoms with Crippen LogP contribution in [-0.2, 0) is 11.2 Å². The highest BCUT2D eigenvalue weighted by molar-refractivity contribution is 5.85. The molecule has 2 aliphatic rings. The zero-order chi connectivity index (χ0) is 14.8. The van der Waals surface area contributed by atoms with Gasteiger partial charge in [-0.1, -0.05) is 50.6 Å². The summed E-state index contributed by atoms with van der Waals surface area (Å²) < 4.78 is 0. The van der Waals surface area contributed by atoms with E-state index in [0.29, 0.717) is 11.9 Å². The normalized spacial score (nSPS) is 32.3. The van der Waals surface area contributed by atoms with Gasteiger partial charge in [-0.2, -0.15) is 0 Å². The minimum absolute atomic E-state index is 0.0418. The average Bonchev–Trinajstić information content (AvgIpc) is 2.73. The first-order valence-electron chi connectivity index (χ1n) is 8.31. The van der Waals surface area contributed by atoms with Crippen molar-refractivity contribution >= 4 is 5.91 Å². The van der Waals surface area contributed by atoms with Gasteiger partial charge >= 0.3 is 0 Å². The maximum absolute atomic E-state index is 12.8. The Morgan fingerprint density at radius 3 is 2.57 bits per heavy atom. The Balaban J connectivity index is 1.70. The summed E-state index contributed by atoms with van der Waals surface area (Å²) in [4.78, 5) is 15.0. The lowest BCUT2D eigenvalue weighted by Crippen LogP contribution is -2.50. The highest BCUT2D eigenvalue weighted by atomic mass is 16.2. The molecule has 1 aromatic rings. The monoisotopic (exact) mass is 286 g/mol. The number of benzene rings is 1. The maximum atomic E-state index is 12.8. The zero-order valence-corrected chi connectivity index (χ0v) is 13.1. The van der Waals surface area contributed by atoms with Crippen molar-refractivity contribution in [1.29, 1.82) is 0 Å². The minimum Gasteiger partial charge on any atom is -0.323 e. The second-order valence-electron chi connectivity index (χ2n) is 6.69. The molecule has 1 aromatic carbocycles. The van der Waals surface area contributed by atoms with Gasteiger partial charge in [-0.05, 0) is 37.2 Å². The molecule has 2 fully saturated rings. The van der Waals surface area contributed by atoms with Gasteiger partial charge in [-0.15, -0.1) is 0 Å². The van der Waals surface area contributed by atoms with Gasteiger partial charge in [0.15, 0.2) is 0 Å². The number of nitrogens with zero attached hydrogens (tertiary/aromatic N) is 1. The lowest BCUT2D eigenvalue weighted by Gasteiger charge is -2.42. The van der Waals surface area contributed by atoms with Gasteiger partial charge in [0.2, 0.25) is 5.91 Å². The SMILES string of the molecule is CCCC1NC(Cc2ccccc2)C(=O)N1C1CC(C)C1. The minimum atomic E-state index is -0.0418. The van der Waals surface area contributed by atoms with Crippen molar-refractivity contribution in [2.45, 2.75) is 64.2 Å². The molecule has 2 unspecified atom stereocenters. The average molecular weight is 286 g/mol. The van der Waals surface area contributed by atoms with E-state index in [9.17, 15) is 4.79 Å². The number of rotatable bonds is 5. The third-order valence-electron chi connectivity index (χ3n) is 4.87. The summed E-state index contributed by atoms with van der Waals surface area (Å²) in [5, 5.41) is 3.58. The lowest BCUT2D eigenvalue weighted by molar-refractivity contribution is -0.135. The zero-order valence-electron chi connectivity index (χ0n) is 13.1. The van der Waals surface area contributed by atoms with Crippen LogP contribution in [0.2, 0.25) is 0 Å². The molecule has 0 spiro atoms. The van der Waals surface area contributed by atoms with Crippen LogP contribution in [0.1, 0.15) is 45.1 Å². The number of carbonyl (C=O) groups excluding carboxylic acids is 1. The van der Waals surface area contributed by atoms with Crippen LogP contribution >= 0.6 is 0 Å². The summed E-state index contributed by atoms with van der Waals surface area (Å²) in [5.41, 5.74) is 1.24. The second kappa shape index (κ2) is 6.18. The molecule has 1 aliphatic carbocycles. The number of amides is 1. The predicted octanol–water partition coefficient (Wildman–Crippen LogP) is 2.95. The Morgan fingerprint density at radius 1 is 1.24 bits per heavy atom. The Kier molecular flexibility index (Phi) is 4.29. The number of carbonyl (C=O) groups is 1. The topological polar surface area (TPSA) is 32.3 Å². The van der Waals surface area contributed by atoms with Crippen LogP contribution in [-0.4, -0.2) is 29.1 Å². The van der Waals surface area contributed by atoms with Crippen molar-refractivity contribution in [2.24, 2.45) is 5.92 Å². The summed E-state index contributed by atoms with van der Waals surface area (Å²) in [7, 11) is 0. The van der Waals surface area contributed by atoms with E-state index < -0.39 is 0 Å². The summed E-state index contributed by atoms with van der Waals surface area (Å²) in [6, 6.07) is 10.8. The van der Waals surface area contributed by atoms with Crippen molar-refractivity contribution in [3.63, 3.8) is 0 Å². The Morgan fingerprint density at radius 2 is 1.95 bits per heavy atom. The lowest BCUT2D eigenvalue weighted by atomic mass is 9.80. The molecule has 1 N–H and O–H groups in total. The van der Waals surface area contributed by atoms with Gasteiger partial charge in [0.25, 0.3) is 0 Å². The fourth-order valence-corrected chi connectivity index (χ4v) is 3.73. The first kappa shape index (κ1) is 14.6. The molecule has 3 nitrogen and oxygen atoms in total. The highest BCUT2D eigenvalue weighted by Gasteiger charge is 2.45. The second-order valence-corrected chi connectivity index (χ2v) is 6.69. The summed E-state index contributed by atoms with van der Waals surface area (Å²) in [6.07, 6.45) is 5.56. The van der Waals surface area contributed by atoms with Crippen molar-refractivity contribution < 1.29 is 4.79 Å². The predicted molar refractivity (Wildman–Crippen MR) is 84.8 cm³/mol. The molecule has 1 saturated heterocycles. The van der Waals surface area contributed by atoms with Crippen LogP contribution in [0, 0.1) is 5.92 Å². The van der Waals surface area contributed by atoms with Crippen molar-refractivity contribution in [3.05, 3.63) is 35.9 Å². The van der Waals surface area contributed by atoms with E-state index in [-0.39, 0.29) is 12.2 Å². The van der Waals surface area contributed by atoms with Crippen LogP contribution < -0.4 is 5.32 Å². The third-order valence-corrected chi connectivity index (χ3v) is 4.87. The molecule has 2 atom stereocenters. The number of hydrogen-bond acceptors (Lipinski definition) is 2. The first-order chi connectivity index (χ1) is 10.2. The first-order valence-corrected chi connectivity index (χ1v) is 8.31. The number of hydrogen-bond donors (Lipinski definition) is 1. The van der Waals surface area contributed by atoms with Gasteiger partial charge in [-0.25, -0.2) is 0 Å².